The van der Waals surface area contributed by atoms with E-state index in [4.69, 9.17) is 16.3 Å². The monoisotopic (exact) mass is 372 g/mol. The lowest BCUT2D eigenvalue weighted by Crippen LogP contribution is -1.92. The molecule has 2 aromatic heterocycles. The molecule has 0 spiro atoms. The normalized spacial score (nSPS) is 11.5. The van der Waals surface area contributed by atoms with E-state index < -0.39 is 0 Å². The van der Waals surface area contributed by atoms with Gasteiger partial charge in [-0.3, -0.25) is 4.98 Å². The summed E-state index contributed by atoms with van der Waals surface area (Å²) < 4.78 is 7.75. The Bertz CT molecular complexity index is 1290. The van der Waals surface area contributed by atoms with Gasteiger partial charge in [0.05, 0.1) is 35.4 Å². The fourth-order valence-corrected chi connectivity index (χ4v) is 3.95. The van der Waals surface area contributed by atoms with Crippen LogP contribution in [0, 0.1) is 0 Å². The standard InChI is InChI=1S/C23H17ClN2O/c1-27-17-8-10-21-19(13-17)18(11-15-5-3-2-4-6-15)23-14-25-20-12-16(24)7-9-22(20)26(21)23/h2-10,12-14H,11H2,1H3. The summed E-state index contributed by atoms with van der Waals surface area (Å²) in [5.41, 5.74) is 6.70. The van der Waals surface area contributed by atoms with E-state index in [-0.39, 0.29) is 0 Å². The van der Waals surface area contributed by atoms with Gasteiger partial charge >= 0.3 is 0 Å². The number of hydrogen-bond donors (Lipinski definition) is 0. The SMILES string of the molecule is COc1ccc2c(c1)c(Cc1ccccc1)c1cnc3cc(Cl)ccc3n12. The van der Waals surface area contributed by atoms with Crippen LogP contribution in [0.1, 0.15) is 11.1 Å². The molecule has 0 aliphatic heterocycles. The molecule has 0 atom stereocenters. The van der Waals surface area contributed by atoms with Gasteiger partial charge in [-0.15, -0.1) is 0 Å². The number of hydrogen-bond acceptors (Lipinski definition) is 2. The molecule has 0 N–H and O–H groups in total. The molecule has 3 aromatic carbocycles. The van der Waals surface area contributed by atoms with Gasteiger partial charge in [-0.25, -0.2) is 0 Å². The highest BCUT2D eigenvalue weighted by Crippen LogP contribution is 2.34. The van der Waals surface area contributed by atoms with E-state index in [0.29, 0.717) is 5.02 Å². The van der Waals surface area contributed by atoms with Crippen molar-refractivity contribution in [2.45, 2.75) is 6.42 Å². The first-order valence-electron chi connectivity index (χ1n) is 8.84. The van der Waals surface area contributed by atoms with Gasteiger partial charge in [-0.2, -0.15) is 0 Å². The minimum atomic E-state index is 0.692. The molecule has 2 heterocycles. The number of halogens is 1. The molecule has 3 nitrogen and oxygen atoms in total. The van der Waals surface area contributed by atoms with Crippen LogP contribution in [0.15, 0.2) is 72.9 Å². The first-order valence-corrected chi connectivity index (χ1v) is 9.21. The van der Waals surface area contributed by atoms with Crippen LogP contribution in [-0.2, 0) is 6.42 Å². The van der Waals surface area contributed by atoms with Crippen molar-refractivity contribution in [3.8, 4) is 5.75 Å². The second kappa shape index (κ2) is 6.29. The maximum atomic E-state index is 6.17. The van der Waals surface area contributed by atoms with E-state index in [0.717, 1.165) is 34.2 Å². The maximum absolute atomic E-state index is 6.17. The average molecular weight is 373 g/mol. The summed E-state index contributed by atoms with van der Waals surface area (Å²) >= 11 is 6.17. The Kier molecular flexibility index (Phi) is 3.76. The molecular weight excluding hydrogens is 356 g/mol. The lowest BCUT2D eigenvalue weighted by molar-refractivity contribution is 0.415. The van der Waals surface area contributed by atoms with E-state index in [1.807, 2.05) is 36.5 Å². The molecule has 0 saturated carbocycles. The van der Waals surface area contributed by atoms with Crippen LogP contribution in [0.2, 0.25) is 5.02 Å². The number of methoxy groups -OCH3 is 1. The summed E-state index contributed by atoms with van der Waals surface area (Å²) in [6.45, 7) is 0. The van der Waals surface area contributed by atoms with Crippen LogP contribution in [0.4, 0.5) is 0 Å². The number of rotatable bonds is 3. The summed E-state index contributed by atoms with van der Waals surface area (Å²) in [4.78, 5) is 4.67. The Hall–Kier alpha value is -3.04. The molecule has 0 amide bonds. The van der Waals surface area contributed by atoms with E-state index in [9.17, 15) is 0 Å². The van der Waals surface area contributed by atoms with Crippen LogP contribution >= 0.6 is 11.6 Å². The summed E-state index contributed by atoms with van der Waals surface area (Å²) in [5, 5.41) is 1.87. The number of nitrogens with zero attached hydrogens (tertiary/aromatic N) is 2. The summed E-state index contributed by atoms with van der Waals surface area (Å²) in [7, 11) is 1.70. The Morgan fingerprint density at radius 2 is 1.74 bits per heavy atom. The van der Waals surface area contributed by atoms with Gasteiger partial charge in [0.25, 0.3) is 0 Å². The van der Waals surface area contributed by atoms with E-state index in [2.05, 4.69) is 45.8 Å². The van der Waals surface area contributed by atoms with Crippen molar-refractivity contribution in [3.63, 3.8) is 0 Å². The van der Waals surface area contributed by atoms with Crippen molar-refractivity contribution in [2.75, 3.05) is 7.11 Å². The van der Waals surface area contributed by atoms with Crippen molar-refractivity contribution in [1.82, 2.24) is 9.38 Å². The van der Waals surface area contributed by atoms with Crippen LogP contribution in [0.5, 0.6) is 5.75 Å². The van der Waals surface area contributed by atoms with Crippen LogP contribution in [0.25, 0.3) is 27.5 Å². The molecule has 4 heteroatoms. The van der Waals surface area contributed by atoms with Crippen molar-refractivity contribution in [2.24, 2.45) is 0 Å². The highest BCUT2D eigenvalue weighted by Gasteiger charge is 2.16. The Labute approximate surface area is 161 Å². The van der Waals surface area contributed by atoms with Crippen LogP contribution in [0.3, 0.4) is 0 Å². The van der Waals surface area contributed by atoms with Crippen molar-refractivity contribution < 1.29 is 4.74 Å². The fourth-order valence-electron chi connectivity index (χ4n) is 3.78. The summed E-state index contributed by atoms with van der Waals surface area (Å²) in [5.74, 6) is 0.855. The largest absolute Gasteiger partial charge is 0.497 e. The van der Waals surface area contributed by atoms with E-state index in [1.54, 1.807) is 7.11 Å². The maximum Gasteiger partial charge on any atom is 0.119 e. The second-order valence-corrected chi connectivity index (χ2v) is 7.07. The van der Waals surface area contributed by atoms with Gasteiger partial charge in [-0.05, 0) is 47.5 Å². The van der Waals surface area contributed by atoms with Crippen LogP contribution < -0.4 is 4.74 Å². The molecule has 0 radical (unpaired) electrons. The van der Waals surface area contributed by atoms with Gasteiger partial charge < -0.3 is 9.14 Å². The third-order valence-corrected chi connectivity index (χ3v) is 5.28. The minimum Gasteiger partial charge on any atom is -0.497 e. The smallest absolute Gasteiger partial charge is 0.119 e. The molecule has 5 aromatic rings. The number of benzene rings is 3. The zero-order valence-corrected chi connectivity index (χ0v) is 15.6. The number of ether oxygens (including phenoxy) is 1. The lowest BCUT2D eigenvalue weighted by Gasteiger charge is -2.05. The Balaban J connectivity index is 1.89. The van der Waals surface area contributed by atoms with Crippen molar-refractivity contribution >= 4 is 39.1 Å². The summed E-state index contributed by atoms with van der Waals surface area (Å²) in [6, 6.07) is 22.6. The van der Waals surface area contributed by atoms with Gasteiger partial charge in [0.2, 0.25) is 0 Å². The zero-order valence-electron chi connectivity index (χ0n) is 14.8. The Morgan fingerprint density at radius 3 is 2.56 bits per heavy atom. The molecule has 0 unspecified atom stereocenters. The zero-order chi connectivity index (χ0) is 18.4. The fraction of sp³-hybridized carbons (Fsp3) is 0.0870. The van der Waals surface area contributed by atoms with Crippen molar-refractivity contribution in [1.29, 1.82) is 0 Å². The molecule has 0 fully saturated rings. The first-order chi connectivity index (χ1) is 13.2. The molecule has 0 bridgehead atoms. The van der Waals surface area contributed by atoms with E-state index in [1.165, 1.54) is 16.5 Å². The third kappa shape index (κ3) is 2.63. The van der Waals surface area contributed by atoms with Gasteiger partial charge in [0, 0.05) is 16.8 Å². The summed E-state index contributed by atoms with van der Waals surface area (Å²) in [6.07, 6.45) is 2.78. The highest BCUT2D eigenvalue weighted by molar-refractivity contribution is 6.31. The molecule has 0 aliphatic carbocycles. The Morgan fingerprint density at radius 1 is 0.926 bits per heavy atom. The number of fused-ring (bicyclic) bond motifs is 5. The predicted molar refractivity (Wildman–Crippen MR) is 111 cm³/mol. The predicted octanol–water partition coefficient (Wildman–Crippen LogP) is 5.89. The molecule has 0 saturated heterocycles. The van der Waals surface area contributed by atoms with Gasteiger partial charge in [0.1, 0.15) is 5.75 Å². The molecule has 5 rings (SSSR count). The minimum absolute atomic E-state index is 0.692. The van der Waals surface area contributed by atoms with E-state index >= 15 is 0 Å². The van der Waals surface area contributed by atoms with Crippen molar-refractivity contribution in [3.05, 3.63) is 89.1 Å². The molecule has 0 aliphatic rings. The quantitative estimate of drug-likeness (QED) is 0.394. The average Bonchev–Trinajstić information content (AvgIpc) is 3.01. The molecular formula is C23H17ClN2O. The second-order valence-electron chi connectivity index (χ2n) is 6.64. The number of aromatic nitrogens is 2. The first kappa shape index (κ1) is 16.2. The third-order valence-electron chi connectivity index (χ3n) is 5.05. The topological polar surface area (TPSA) is 26.5 Å². The highest BCUT2D eigenvalue weighted by atomic mass is 35.5. The van der Waals surface area contributed by atoms with Gasteiger partial charge in [-0.1, -0.05) is 41.9 Å². The van der Waals surface area contributed by atoms with Crippen LogP contribution in [-0.4, -0.2) is 16.5 Å². The molecule has 27 heavy (non-hydrogen) atoms. The van der Waals surface area contributed by atoms with Gasteiger partial charge in [0.15, 0.2) is 0 Å². The molecule has 132 valence electrons. The lowest BCUT2D eigenvalue weighted by atomic mass is 10.0.